The monoisotopic (exact) mass is 276 g/mol. The number of rotatable bonds is 15. The van der Waals surface area contributed by atoms with E-state index in [9.17, 15) is 4.79 Å². The van der Waals surface area contributed by atoms with Crippen LogP contribution in [0.25, 0.3) is 0 Å². The lowest BCUT2D eigenvalue weighted by molar-refractivity contribution is -0.120. The molecular formula is C14H28O5. The summed E-state index contributed by atoms with van der Waals surface area (Å²) in [6, 6.07) is 0. The van der Waals surface area contributed by atoms with Crippen LogP contribution in [-0.4, -0.2) is 58.6 Å². The van der Waals surface area contributed by atoms with Crippen molar-refractivity contribution in [3.8, 4) is 0 Å². The summed E-state index contributed by atoms with van der Waals surface area (Å²) in [5.41, 5.74) is 0. The van der Waals surface area contributed by atoms with Crippen LogP contribution in [-0.2, 0) is 23.7 Å². The van der Waals surface area contributed by atoms with Crippen molar-refractivity contribution >= 4 is 5.78 Å². The van der Waals surface area contributed by atoms with Crippen LogP contribution in [0.5, 0.6) is 0 Å². The van der Waals surface area contributed by atoms with Gasteiger partial charge >= 0.3 is 0 Å². The van der Waals surface area contributed by atoms with E-state index in [1.54, 1.807) is 0 Å². The molecule has 0 aliphatic heterocycles. The quantitative estimate of drug-likeness (QED) is 0.427. The second-order valence-electron chi connectivity index (χ2n) is 4.07. The molecule has 0 heterocycles. The zero-order chi connectivity index (χ0) is 14.2. The smallest absolute Gasteiger partial charge is 0.135 e. The molecule has 5 nitrogen and oxygen atoms in total. The van der Waals surface area contributed by atoms with Crippen LogP contribution in [0.1, 0.15) is 33.1 Å². The standard InChI is InChI=1S/C14H28O5/c1-3-5-14(15)6-7-17-10-11-19-13-12-18-9-8-16-4-2/h3-13H2,1-2H3. The highest BCUT2D eigenvalue weighted by Gasteiger charge is 1.99. The Labute approximate surface area is 116 Å². The molecule has 0 aliphatic rings. The van der Waals surface area contributed by atoms with Crippen LogP contribution in [0.2, 0.25) is 0 Å². The van der Waals surface area contributed by atoms with Crippen LogP contribution >= 0.6 is 0 Å². The van der Waals surface area contributed by atoms with Crippen LogP contribution in [0, 0.1) is 0 Å². The molecule has 0 bridgehead atoms. The summed E-state index contributed by atoms with van der Waals surface area (Å²) in [6.45, 7) is 8.60. The molecule has 0 radical (unpaired) electrons. The Morgan fingerprint density at radius 3 is 1.63 bits per heavy atom. The lowest BCUT2D eigenvalue weighted by atomic mass is 10.2. The zero-order valence-electron chi connectivity index (χ0n) is 12.3. The fourth-order valence-electron chi connectivity index (χ4n) is 1.39. The van der Waals surface area contributed by atoms with Gasteiger partial charge in [-0.2, -0.15) is 0 Å². The van der Waals surface area contributed by atoms with Gasteiger partial charge in [0.25, 0.3) is 0 Å². The van der Waals surface area contributed by atoms with E-state index in [-0.39, 0.29) is 5.78 Å². The predicted molar refractivity (Wildman–Crippen MR) is 73.5 cm³/mol. The van der Waals surface area contributed by atoms with Gasteiger partial charge in [-0.3, -0.25) is 4.79 Å². The van der Waals surface area contributed by atoms with Crippen molar-refractivity contribution in [3.05, 3.63) is 0 Å². The SMILES string of the molecule is CCCC(=O)CCOCCOCCOCCOCC. The Balaban J connectivity index is 3.01. The van der Waals surface area contributed by atoms with E-state index in [1.807, 2.05) is 13.8 Å². The minimum atomic E-state index is 0.270. The van der Waals surface area contributed by atoms with Crippen molar-refractivity contribution < 1.29 is 23.7 Å². The molecule has 0 amide bonds. The molecule has 0 fully saturated rings. The number of ether oxygens (including phenoxy) is 4. The van der Waals surface area contributed by atoms with E-state index >= 15 is 0 Å². The summed E-state index contributed by atoms with van der Waals surface area (Å²) in [7, 11) is 0. The van der Waals surface area contributed by atoms with Crippen LogP contribution in [0.3, 0.4) is 0 Å². The summed E-state index contributed by atoms with van der Waals surface area (Å²) in [4.78, 5) is 11.2. The maximum atomic E-state index is 11.2. The Morgan fingerprint density at radius 2 is 1.16 bits per heavy atom. The second-order valence-corrected chi connectivity index (χ2v) is 4.07. The first-order valence-corrected chi connectivity index (χ1v) is 7.13. The van der Waals surface area contributed by atoms with Crippen LogP contribution in [0.4, 0.5) is 0 Å². The summed E-state index contributed by atoms with van der Waals surface area (Å²) in [6.07, 6.45) is 2.07. The second kappa shape index (κ2) is 15.6. The first-order valence-electron chi connectivity index (χ1n) is 7.13. The minimum absolute atomic E-state index is 0.270. The van der Waals surface area contributed by atoms with Gasteiger partial charge in [-0.15, -0.1) is 0 Å². The normalized spacial score (nSPS) is 10.8. The van der Waals surface area contributed by atoms with Crippen molar-refractivity contribution in [1.82, 2.24) is 0 Å². The third kappa shape index (κ3) is 15.5. The molecule has 0 aliphatic carbocycles. The molecule has 0 aromatic rings. The van der Waals surface area contributed by atoms with Gasteiger partial charge in [-0.05, 0) is 13.3 Å². The highest BCUT2D eigenvalue weighted by atomic mass is 16.6. The highest BCUT2D eigenvalue weighted by Crippen LogP contribution is 1.94. The van der Waals surface area contributed by atoms with Gasteiger partial charge in [-0.25, -0.2) is 0 Å². The van der Waals surface area contributed by atoms with Crippen molar-refractivity contribution in [2.45, 2.75) is 33.1 Å². The fourth-order valence-corrected chi connectivity index (χ4v) is 1.39. The largest absolute Gasteiger partial charge is 0.379 e. The maximum Gasteiger partial charge on any atom is 0.135 e. The summed E-state index contributed by atoms with van der Waals surface area (Å²) in [5.74, 6) is 0.270. The first-order chi connectivity index (χ1) is 9.31. The average Bonchev–Trinajstić information content (AvgIpc) is 2.40. The van der Waals surface area contributed by atoms with E-state index in [4.69, 9.17) is 18.9 Å². The number of carbonyl (C=O) groups is 1. The molecule has 0 rings (SSSR count). The van der Waals surface area contributed by atoms with Gasteiger partial charge in [0.05, 0.1) is 46.2 Å². The Hall–Kier alpha value is -0.490. The van der Waals surface area contributed by atoms with Crippen LogP contribution in [0.15, 0.2) is 0 Å². The van der Waals surface area contributed by atoms with E-state index in [0.29, 0.717) is 59.1 Å². The van der Waals surface area contributed by atoms with Crippen LogP contribution < -0.4 is 0 Å². The molecule has 0 N–H and O–H groups in total. The van der Waals surface area contributed by atoms with Crippen molar-refractivity contribution in [2.24, 2.45) is 0 Å². The average molecular weight is 276 g/mol. The molecule has 0 aromatic heterocycles. The molecule has 19 heavy (non-hydrogen) atoms. The number of hydrogen-bond acceptors (Lipinski definition) is 5. The Kier molecular flexibility index (Phi) is 15.2. The van der Waals surface area contributed by atoms with Gasteiger partial charge < -0.3 is 18.9 Å². The number of ketones is 1. The topological polar surface area (TPSA) is 54.0 Å². The van der Waals surface area contributed by atoms with Crippen molar-refractivity contribution in [3.63, 3.8) is 0 Å². The van der Waals surface area contributed by atoms with E-state index in [0.717, 1.165) is 13.0 Å². The third-order valence-electron chi connectivity index (χ3n) is 2.37. The van der Waals surface area contributed by atoms with Gasteiger partial charge in [0.2, 0.25) is 0 Å². The molecule has 0 saturated carbocycles. The molecule has 0 unspecified atom stereocenters. The molecule has 5 heteroatoms. The molecular weight excluding hydrogens is 248 g/mol. The number of Topliss-reactive ketones (excluding diaryl/α,β-unsaturated/α-hetero) is 1. The lowest BCUT2D eigenvalue weighted by Crippen LogP contribution is -2.12. The Bertz CT molecular complexity index is 196. The van der Waals surface area contributed by atoms with E-state index < -0.39 is 0 Å². The first kappa shape index (κ1) is 18.5. The predicted octanol–water partition coefficient (Wildman–Crippen LogP) is 1.83. The zero-order valence-corrected chi connectivity index (χ0v) is 12.3. The molecule has 0 aromatic carbocycles. The van der Waals surface area contributed by atoms with E-state index in [2.05, 4.69) is 0 Å². The minimum Gasteiger partial charge on any atom is -0.379 e. The molecule has 0 spiro atoms. The van der Waals surface area contributed by atoms with E-state index in [1.165, 1.54) is 0 Å². The molecule has 0 atom stereocenters. The number of carbonyl (C=O) groups excluding carboxylic acids is 1. The van der Waals surface area contributed by atoms with Gasteiger partial charge in [0.15, 0.2) is 0 Å². The third-order valence-corrected chi connectivity index (χ3v) is 2.37. The number of hydrogen-bond donors (Lipinski definition) is 0. The van der Waals surface area contributed by atoms with Gasteiger partial charge in [0.1, 0.15) is 5.78 Å². The molecule has 0 saturated heterocycles. The maximum absolute atomic E-state index is 11.2. The van der Waals surface area contributed by atoms with Crippen molar-refractivity contribution in [2.75, 3.05) is 52.9 Å². The highest BCUT2D eigenvalue weighted by molar-refractivity contribution is 5.78. The Morgan fingerprint density at radius 1 is 0.684 bits per heavy atom. The van der Waals surface area contributed by atoms with Gasteiger partial charge in [-0.1, -0.05) is 6.92 Å². The van der Waals surface area contributed by atoms with Gasteiger partial charge in [0, 0.05) is 19.4 Å². The fraction of sp³-hybridized carbons (Fsp3) is 0.929. The summed E-state index contributed by atoms with van der Waals surface area (Å²) < 4.78 is 21.0. The summed E-state index contributed by atoms with van der Waals surface area (Å²) in [5, 5.41) is 0. The summed E-state index contributed by atoms with van der Waals surface area (Å²) >= 11 is 0. The lowest BCUT2D eigenvalue weighted by Gasteiger charge is -2.06. The van der Waals surface area contributed by atoms with Crippen molar-refractivity contribution in [1.29, 1.82) is 0 Å². The molecule has 114 valence electrons.